The Morgan fingerprint density at radius 1 is 1.38 bits per heavy atom. The van der Waals surface area contributed by atoms with Gasteiger partial charge in [-0.25, -0.2) is 0 Å². The van der Waals surface area contributed by atoms with E-state index in [1.54, 1.807) is 6.21 Å². The van der Waals surface area contributed by atoms with Crippen molar-refractivity contribution in [3.8, 4) is 5.75 Å². The third-order valence-electron chi connectivity index (χ3n) is 1.74. The summed E-state index contributed by atoms with van der Waals surface area (Å²) in [5.74, 6) is 0.829. The number of nitrogens with zero attached hydrogens (tertiary/aromatic N) is 1. The highest BCUT2D eigenvalue weighted by Crippen LogP contribution is 2.15. The molecule has 2 heteroatoms. The van der Waals surface area contributed by atoms with E-state index in [0.29, 0.717) is 0 Å². The summed E-state index contributed by atoms with van der Waals surface area (Å²) in [6, 6.07) is 7.85. The first-order valence-electron chi connectivity index (χ1n) is 4.59. The van der Waals surface area contributed by atoms with E-state index in [-0.39, 0.29) is 0 Å². The van der Waals surface area contributed by atoms with Crippen LogP contribution in [-0.2, 0) is 0 Å². The molecule has 0 amide bonds. The molecule has 0 aliphatic heterocycles. The molecule has 0 bridgehead atoms. The van der Waals surface area contributed by atoms with E-state index in [0.717, 1.165) is 24.2 Å². The minimum absolute atomic E-state index is 0.829. The maximum Gasteiger partial charge on any atom is 0.160 e. The van der Waals surface area contributed by atoms with Crippen LogP contribution in [0.1, 0.15) is 25.3 Å². The maximum absolute atomic E-state index is 5.21. The lowest BCUT2D eigenvalue weighted by Gasteiger charge is -2.00. The summed E-state index contributed by atoms with van der Waals surface area (Å²) in [4.78, 5) is 5.21. The number of hydrogen-bond donors (Lipinski definition) is 0. The molecule has 0 fully saturated rings. The maximum atomic E-state index is 5.21. The molecule has 0 aliphatic carbocycles. The number of benzene rings is 1. The first-order chi connectivity index (χ1) is 6.34. The van der Waals surface area contributed by atoms with Gasteiger partial charge < -0.3 is 4.84 Å². The molecule has 0 atom stereocenters. The van der Waals surface area contributed by atoms with Gasteiger partial charge >= 0.3 is 0 Å². The predicted octanol–water partition coefficient (Wildman–Crippen LogP) is 3.16. The number of hydrogen-bond acceptors (Lipinski definition) is 2. The van der Waals surface area contributed by atoms with Crippen molar-refractivity contribution in [3.63, 3.8) is 0 Å². The van der Waals surface area contributed by atoms with Gasteiger partial charge in [0.1, 0.15) is 0 Å². The zero-order valence-electron chi connectivity index (χ0n) is 8.16. The van der Waals surface area contributed by atoms with E-state index >= 15 is 0 Å². The van der Waals surface area contributed by atoms with Crippen LogP contribution in [0.5, 0.6) is 5.75 Å². The lowest BCUT2D eigenvalue weighted by Crippen LogP contribution is -1.86. The van der Waals surface area contributed by atoms with Crippen molar-refractivity contribution in [2.75, 3.05) is 0 Å². The van der Waals surface area contributed by atoms with Crippen LogP contribution in [0, 0.1) is 6.92 Å². The van der Waals surface area contributed by atoms with Gasteiger partial charge in [0, 0.05) is 6.21 Å². The molecule has 13 heavy (non-hydrogen) atoms. The zero-order chi connectivity index (χ0) is 9.52. The Kier molecular flexibility index (Phi) is 4.03. The molecule has 0 heterocycles. The van der Waals surface area contributed by atoms with Gasteiger partial charge in [0.25, 0.3) is 0 Å². The Balaban J connectivity index is 2.49. The van der Waals surface area contributed by atoms with Gasteiger partial charge in [0.2, 0.25) is 0 Å². The number of para-hydroxylation sites is 1. The highest BCUT2D eigenvalue weighted by molar-refractivity contribution is 5.56. The third kappa shape index (κ3) is 3.28. The molecule has 70 valence electrons. The molecule has 0 spiro atoms. The largest absolute Gasteiger partial charge is 0.357 e. The van der Waals surface area contributed by atoms with E-state index in [4.69, 9.17) is 4.84 Å². The van der Waals surface area contributed by atoms with Crippen LogP contribution in [-0.4, -0.2) is 6.21 Å². The molecule has 0 radical (unpaired) electrons. The summed E-state index contributed by atoms with van der Waals surface area (Å²) >= 11 is 0. The standard InChI is InChI=1S/C11H15NO/c1-3-4-9-12-13-11-8-6-5-7-10(11)2/h5-9H,3-4H2,1-2H3/b12-9+. The molecule has 0 saturated heterocycles. The van der Waals surface area contributed by atoms with E-state index < -0.39 is 0 Å². The van der Waals surface area contributed by atoms with Crippen LogP contribution in [0.3, 0.4) is 0 Å². The first-order valence-corrected chi connectivity index (χ1v) is 4.59. The predicted molar refractivity (Wildman–Crippen MR) is 55.2 cm³/mol. The monoisotopic (exact) mass is 177 g/mol. The molecule has 1 aromatic carbocycles. The lowest BCUT2D eigenvalue weighted by molar-refractivity contribution is 0.340. The minimum Gasteiger partial charge on any atom is -0.357 e. The number of rotatable bonds is 4. The highest BCUT2D eigenvalue weighted by atomic mass is 16.6. The molecule has 0 saturated carbocycles. The highest BCUT2D eigenvalue weighted by Gasteiger charge is 1.94. The molecule has 1 aromatic rings. The number of unbranched alkanes of at least 4 members (excludes halogenated alkanes) is 1. The first kappa shape index (κ1) is 9.78. The van der Waals surface area contributed by atoms with Crippen molar-refractivity contribution in [1.29, 1.82) is 0 Å². The summed E-state index contributed by atoms with van der Waals surface area (Å²) in [6.07, 6.45) is 3.86. The lowest BCUT2D eigenvalue weighted by atomic mass is 10.2. The van der Waals surface area contributed by atoms with Crippen LogP contribution in [0.15, 0.2) is 29.4 Å². The molecule has 2 nitrogen and oxygen atoms in total. The fourth-order valence-electron chi connectivity index (χ4n) is 0.935. The average Bonchev–Trinajstić information content (AvgIpc) is 2.15. The van der Waals surface area contributed by atoms with E-state index in [1.165, 1.54) is 0 Å². The van der Waals surface area contributed by atoms with Crippen LogP contribution in [0.25, 0.3) is 0 Å². The van der Waals surface area contributed by atoms with Crippen molar-refractivity contribution >= 4 is 6.21 Å². The van der Waals surface area contributed by atoms with Crippen LogP contribution >= 0.6 is 0 Å². The fraction of sp³-hybridized carbons (Fsp3) is 0.364. The molecule has 0 unspecified atom stereocenters. The van der Waals surface area contributed by atoms with E-state index in [2.05, 4.69) is 12.1 Å². The van der Waals surface area contributed by atoms with Gasteiger partial charge in [-0.3, -0.25) is 0 Å². The Morgan fingerprint density at radius 2 is 2.15 bits per heavy atom. The summed E-state index contributed by atoms with van der Waals surface area (Å²) in [5.41, 5.74) is 1.11. The van der Waals surface area contributed by atoms with Gasteiger partial charge in [-0.1, -0.05) is 36.7 Å². The average molecular weight is 177 g/mol. The zero-order valence-corrected chi connectivity index (χ0v) is 8.16. The second-order valence-corrected chi connectivity index (χ2v) is 2.93. The third-order valence-corrected chi connectivity index (χ3v) is 1.74. The number of oxime groups is 1. The van der Waals surface area contributed by atoms with E-state index in [1.807, 2.05) is 31.2 Å². The van der Waals surface area contributed by atoms with Crippen molar-refractivity contribution in [2.24, 2.45) is 5.16 Å². The van der Waals surface area contributed by atoms with Crippen molar-refractivity contribution in [1.82, 2.24) is 0 Å². The Hall–Kier alpha value is -1.31. The van der Waals surface area contributed by atoms with Gasteiger partial charge in [-0.05, 0) is 25.0 Å². The molecular formula is C11H15NO. The van der Waals surface area contributed by atoms with Crippen molar-refractivity contribution in [3.05, 3.63) is 29.8 Å². The SMILES string of the molecule is CCC/C=N/Oc1ccccc1C. The Bertz CT molecular complexity index is 281. The quantitative estimate of drug-likeness (QED) is 0.511. The summed E-state index contributed by atoms with van der Waals surface area (Å²) in [5, 5.41) is 3.87. The molecule has 1 rings (SSSR count). The van der Waals surface area contributed by atoms with Crippen molar-refractivity contribution < 1.29 is 4.84 Å². The van der Waals surface area contributed by atoms with Crippen LogP contribution in [0.4, 0.5) is 0 Å². The Labute approximate surface area is 79.2 Å². The van der Waals surface area contributed by atoms with Gasteiger partial charge in [-0.2, -0.15) is 0 Å². The molecule has 0 aromatic heterocycles. The van der Waals surface area contributed by atoms with Gasteiger partial charge in [-0.15, -0.1) is 0 Å². The summed E-state index contributed by atoms with van der Waals surface area (Å²) in [6.45, 7) is 4.12. The van der Waals surface area contributed by atoms with Crippen LogP contribution < -0.4 is 4.84 Å². The molecule has 0 N–H and O–H groups in total. The topological polar surface area (TPSA) is 21.6 Å². The van der Waals surface area contributed by atoms with E-state index in [9.17, 15) is 0 Å². The molecular weight excluding hydrogens is 162 g/mol. The summed E-state index contributed by atoms with van der Waals surface area (Å²) < 4.78 is 0. The molecule has 0 aliphatic rings. The van der Waals surface area contributed by atoms with Crippen molar-refractivity contribution in [2.45, 2.75) is 26.7 Å². The fourth-order valence-corrected chi connectivity index (χ4v) is 0.935. The second-order valence-electron chi connectivity index (χ2n) is 2.93. The van der Waals surface area contributed by atoms with Gasteiger partial charge in [0.15, 0.2) is 5.75 Å². The Morgan fingerprint density at radius 3 is 2.85 bits per heavy atom. The smallest absolute Gasteiger partial charge is 0.160 e. The van der Waals surface area contributed by atoms with Crippen LogP contribution in [0.2, 0.25) is 0 Å². The summed E-state index contributed by atoms with van der Waals surface area (Å²) in [7, 11) is 0. The minimum atomic E-state index is 0.829. The number of aryl methyl sites for hydroxylation is 1. The van der Waals surface area contributed by atoms with Gasteiger partial charge in [0.05, 0.1) is 0 Å². The second kappa shape index (κ2) is 5.36. The normalized spacial score (nSPS) is 10.6.